The van der Waals surface area contributed by atoms with Crippen LogP contribution in [0.3, 0.4) is 0 Å². The molecule has 0 aromatic heterocycles. The molecule has 1 fully saturated rings. The Labute approximate surface area is 133 Å². The van der Waals surface area contributed by atoms with E-state index in [1.54, 1.807) is 0 Å². The molecule has 1 aliphatic carbocycles. The van der Waals surface area contributed by atoms with E-state index >= 15 is 0 Å². The Morgan fingerprint density at radius 1 is 1.29 bits per heavy atom. The van der Waals surface area contributed by atoms with Crippen LogP contribution in [0.15, 0.2) is 18.2 Å². The molecule has 1 amide bonds. The van der Waals surface area contributed by atoms with Crippen molar-refractivity contribution in [1.29, 1.82) is 0 Å². The van der Waals surface area contributed by atoms with E-state index < -0.39 is 0 Å². The lowest BCUT2D eigenvalue weighted by atomic mass is 9.79. The maximum absolute atomic E-state index is 12.4. The number of benzene rings is 1. The van der Waals surface area contributed by atoms with Crippen molar-refractivity contribution in [2.75, 3.05) is 5.32 Å². The smallest absolute Gasteiger partial charge is 0.227 e. The van der Waals surface area contributed by atoms with Gasteiger partial charge in [-0.3, -0.25) is 4.79 Å². The second-order valence-electron chi connectivity index (χ2n) is 6.26. The first kappa shape index (κ1) is 16.4. The number of nitrogens with one attached hydrogen (secondary N) is 1. The molecule has 116 valence electrons. The molecule has 1 aliphatic rings. The Morgan fingerprint density at radius 2 is 2.00 bits per heavy atom. The minimum atomic E-state index is 0.161. The standard InChI is InChI=1S/C18H26ClNO/c1-3-4-6-14-9-11-15(12-10-14)18(21)20-17-8-5-7-16(19)13(17)2/h5,7-8,14-15H,3-4,6,9-12H2,1-2H3,(H,20,21). The van der Waals surface area contributed by atoms with Crippen molar-refractivity contribution in [2.24, 2.45) is 11.8 Å². The molecule has 0 bridgehead atoms. The number of amides is 1. The number of carbonyl (C=O) groups is 1. The summed E-state index contributed by atoms with van der Waals surface area (Å²) in [7, 11) is 0. The Bertz CT molecular complexity index is 478. The molecule has 0 spiro atoms. The van der Waals surface area contributed by atoms with Gasteiger partial charge in [-0.05, 0) is 56.2 Å². The maximum Gasteiger partial charge on any atom is 0.227 e. The molecule has 1 aromatic carbocycles. The van der Waals surface area contributed by atoms with Crippen molar-refractivity contribution in [1.82, 2.24) is 0 Å². The predicted molar refractivity (Wildman–Crippen MR) is 89.8 cm³/mol. The maximum atomic E-state index is 12.4. The fourth-order valence-corrected chi connectivity index (χ4v) is 3.36. The Kier molecular flexibility index (Phi) is 6.10. The number of hydrogen-bond donors (Lipinski definition) is 1. The van der Waals surface area contributed by atoms with E-state index in [-0.39, 0.29) is 11.8 Å². The van der Waals surface area contributed by atoms with Crippen LogP contribution in [0.25, 0.3) is 0 Å². The molecule has 0 aliphatic heterocycles. The quantitative estimate of drug-likeness (QED) is 0.755. The zero-order chi connectivity index (χ0) is 15.2. The summed E-state index contributed by atoms with van der Waals surface area (Å²) in [5.41, 5.74) is 1.80. The van der Waals surface area contributed by atoms with E-state index in [1.807, 2.05) is 25.1 Å². The molecular weight excluding hydrogens is 282 g/mol. The Hall–Kier alpha value is -1.02. The highest BCUT2D eigenvalue weighted by Crippen LogP contribution is 2.33. The summed E-state index contributed by atoms with van der Waals surface area (Å²) >= 11 is 6.10. The molecular formula is C18H26ClNO. The van der Waals surface area contributed by atoms with Crippen molar-refractivity contribution in [3.05, 3.63) is 28.8 Å². The third kappa shape index (κ3) is 4.47. The molecule has 1 N–H and O–H groups in total. The number of anilines is 1. The van der Waals surface area contributed by atoms with Crippen LogP contribution in [-0.4, -0.2) is 5.91 Å². The molecule has 3 heteroatoms. The summed E-state index contributed by atoms with van der Waals surface area (Å²) < 4.78 is 0. The monoisotopic (exact) mass is 307 g/mol. The zero-order valence-corrected chi connectivity index (χ0v) is 13.9. The highest BCUT2D eigenvalue weighted by molar-refractivity contribution is 6.31. The van der Waals surface area contributed by atoms with E-state index in [1.165, 1.54) is 32.1 Å². The summed E-state index contributed by atoms with van der Waals surface area (Å²) in [6.07, 6.45) is 8.38. The first-order chi connectivity index (χ1) is 10.1. The molecule has 1 aromatic rings. The van der Waals surface area contributed by atoms with Gasteiger partial charge in [0.25, 0.3) is 0 Å². The SMILES string of the molecule is CCCCC1CCC(C(=O)Nc2cccc(Cl)c2C)CC1. The Balaban J connectivity index is 1.86. The molecule has 1 saturated carbocycles. The van der Waals surface area contributed by atoms with E-state index in [2.05, 4.69) is 12.2 Å². The lowest BCUT2D eigenvalue weighted by Crippen LogP contribution is -2.27. The summed E-state index contributed by atoms with van der Waals surface area (Å²) in [6, 6.07) is 5.66. The third-order valence-corrected chi connectivity index (χ3v) is 5.12. The van der Waals surface area contributed by atoms with Gasteiger partial charge < -0.3 is 5.32 Å². The number of unbranched alkanes of at least 4 members (excludes halogenated alkanes) is 1. The predicted octanol–water partition coefficient (Wildman–Crippen LogP) is 5.58. The van der Waals surface area contributed by atoms with Crippen LogP contribution in [0.4, 0.5) is 5.69 Å². The van der Waals surface area contributed by atoms with Crippen molar-refractivity contribution in [2.45, 2.75) is 58.8 Å². The van der Waals surface area contributed by atoms with Crippen LogP contribution < -0.4 is 5.32 Å². The summed E-state index contributed by atoms with van der Waals surface area (Å²) in [6.45, 7) is 4.19. The van der Waals surface area contributed by atoms with Gasteiger partial charge in [-0.15, -0.1) is 0 Å². The second-order valence-corrected chi connectivity index (χ2v) is 6.67. The number of halogens is 1. The van der Waals surface area contributed by atoms with Crippen LogP contribution in [0.2, 0.25) is 5.02 Å². The molecule has 0 unspecified atom stereocenters. The van der Waals surface area contributed by atoms with Crippen LogP contribution in [-0.2, 0) is 4.79 Å². The highest BCUT2D eigenvalue weighted by Gasteiger charge is 2.26. The lowest BCUT2D eigenvalue weighted by molar-refractivity contribution is -0.121. The van der Waals surface area contributed by atoms with E-state index in [0.717, 1.165) is 30.0 Å². The van der Waals surface area contributed by atoms with Gasteiger partial charge >= 0.3 is 0 Å². The van der Waals surface area contributed by atoms with Gasteiger partial charge in [0.2, 0.25) is 5.91 Å². The van der Waals surface area contributed by atoms with Crippen molar-refractivity contribution >= 4 is 23.2 Å². The topological polar surface area (TPSA) is 29.1 Å². The van der Waals surface area contributed by atoms with Gasteiger partial charge in [0, 0.05) is 16.6 Å². The fourth-order valence-electron chi connectivity index (χ4n) is 3.18. The number of hydrogen-bond acceptors (Lipinski definition) is 1. The van der Waals surface area contributed by atoms with Crippen LogP contribution >= 0.6 is 11.6 Å². The van der Waals surface area contributed by atoms with Crippen molar-refractivity contribution in [3.63, 3.8) is 0 Å². The normalized spacial score (nSPS) is 22.0. The average Bonchev–Trinajstić information content (AvgIpc) is 2.50. The molecule has 2 nitrogen and oxygen atoms in total. The van der Waals surface area contributed by atoms with Crippen molar-refractivity contribution < 1.29 is 4.79 Å². The number of carbonyl (C=O) groups excluding carboxylic acids is 1. The largest absolute Gasteiger partial charge is 0.326 e. The molecule has 0 heterocycles. The lowest BCUT2D eigenvalue weighted by Gasteiger charge is -2.28. The second kappa shape index (κ2) is 7.84. The Morgan fingerprint density at radius 3 is 2.67 bits per heavy atom. The molecule has 0 radical (unpaired) electrons. The summed E-state index contributed by atoms with van der Waals surface area (Å²) in [5.74, 6) is 1.16. The number of rotatable bonds is 5. The molecule has 0 atom stereocenters. The molecule has 0 saturated heterocycles. The van der Waals surface area contributed by atoms with E-state index in [9.17, 15) is 4.79 Å². The molecule has 2 rings (SSSR count). The van der Waals surface area contributed by atoms with Gasteiger partial charge in [-0.1, -0.05) is 43.9 Å². The highest BCUT2D eigenvalue weighted by atomic mass is 35.5. The summed E-state index contributed by atoms with van der Waals surface area (Å²) in [5, 5.41) is 3.76. The van der Waals surface area contributed by atoms with Gasteiger partial charge in [0.05, 0.1) is 0 Å². The third-order valence-electron chi connectivity index (χ3n) is 4.71. The first-order valence-corrected chi connectivity index (χ1v) is 8.55. The van der Waals surface area contributed by atoms with Gasteiger partial charge in [0.1, 0.15) is 0 Å². The van der Waals surface area contributed by atoms with Crippen LogP contribution in [0.5, 0.6) is 0 Å². The minimum absolute atomic E-state index is 0.161. The zero-order valence-electron chi connectivity index (χ0n) is 13.1. The van der Waals surface area contributed by atoms with E-state index in [4.69, 9.17) is 11.6 Å². The van der Waals surface area contributed by atoms with Gasteiger partial charge in [-0.2, -0.15) is 0 Å². The van der Waals surface area contributed by atoms with Crippen molar-refractivity contribution in [3.8, 4) is 0 Å². The van der Waals surface area contributed by atoms with Crippen LogP contribution in [0.1, 0.15) is 57.4 Å². The van der Waals surface area contributed by atoms with E-state index in [0.29, 0.717) is 5.02 Å². The summed E-state index contributed by atoms with van der Waals surface area (Å²) in [4.78, 5) is 12.4. The fraction of sp³-hybridized carbons (Fsp3) is 0.611. The average molecular weight is 308 g/mol. The molecule has 21 heavy (non-hydrogen) atoms. The van der Waals surface area contributed by atoms with Gasteiger partial charge in [0.15, 0.2) is 0 Å². The van der Waals surface area contributed by atoms with Gasteiger partial charge in [-0.25, -0.2) is 0 Å². The first-order valence-electron chi connectivity index (χ1n) is 8.17. The minimum Gasteiger partial charge on any atom is -0.326 e. The van der Waals surface area contributed by atoms with Crippen LogP contribution in [0, 0.1) is 18.8 Å².